The number of amides is 1. The standard InChI is InChI=1S/C25H25FN6O2S/c1-12-2-5-16-21(28)23(35-25(16)29-12)24(33)31-15-6-17-19(26)7-20(18(8-27)22(17)34-11-15)32-9-13-3-4-14(10-32)30-13/h2,5,7,13-15,30H,3-4,6,9-11,28H2,1H3,(H,31,33)/t13?,14?,15-/m1/s1. The smallest absolute Gasteiger partial charge is 0.263 e. The summed E-state index contributed by atoms with van der Waals surface area (Å²) >= 11 is 1.24. The van der Waals surface area contributed by atoms with Crippen LogP contribution >= 0.6 is 11.3 Å². The van der Waals surface area contributed by atoms with Crippen LogP contribution in [0, 0.1) is 24.1 Å². The van der Waals surface area contributed by atoms with Crippen molar-refractivity contribution in [1.29, 1.82) is 5.26 Å². The summed E-state index contributed by atoms with van der Waals surface area (Å²) < 4.78 is 21.2. The number of anilines is 2. The molecule has 35 heavy (non-hydrogen) atoms. The lowest BCUT2D eigenvalue weighted by Gasteiger charge is -2.36. The summed E-state index contributed by atoms with van der Waals surface area (Å²) in [5.74, 6) is -0.464. The molecule has 3 aliphatic rings. The number of carbonyl (C=O) groups excluding carboxylic acids is 1. The zero-order chi connectivity index (χ0) is 24.3. The Kier molecular flexibility index (Phi) is 5.27. The number of nitrogens with one attached hydrogen (secondary N) is 2. The summed E-state index contributed by atoms with van der Waals surface area (Å²) in [6.07, 6.45) is 2.42. The maximum Gasteiger partial charge on any atom is 0.263 e. The normalized spacial score (nSPS) is 23.0. The first-order valence-electron chi connectivity index (χ1n) is 11.8. The van der Waals surface area contributed by atoms with E-state index in [2.05, 4.69) is 26.6 Å². The number of hydrogen-bond donors (Lipinski definition) is 3. The van der Waals surface area contributed by atoms with Gasteiger partial charge in [0.05, 0.1) is 17.4 Å². The van der Waals surface area contributed by atoms with Gasteiger partial charge in [-0.25, -0.2) is 9.37 Å². The lowest BCUT2D eigenvalue weighted by atomic mass is 9.97. The van der Waals surface area contributed by atoms with Gasteiger partial charge < -0.3 is 26.0 Å². The highest BCUT2D eigenvalue weighted by Gasteiger charge is 2.36. The number of benzene rings is 1. The number of nitriles is 1. The Labute approximate surface area is 205 Å². The monoisotopic (exact) mass is 492 g/mol. The molecule has 10 heteroatoms. The van der Waals surface area contributed by atoms with Crippen LogP contribution < -0.4 is 26.0 Å². The van der Waals surface area contributed by atoms with Crippen molar-refractivity contribution in [3.05, 3.63) is 45.7 Å². The van der Waals surface area contributed by atoms with Crippen LogP contribution in [0.3, 0.4) is 0 Å². The first-order chi connectivity index (χ1) is 16.9. The second-order valence-corrected chi connectivity index (χ2v) is 10.5. The Balaban J connectivity index is 1.24. The number of fused-ring (bicyclic) bond motifs is 4. The molecule has 0 aliphatic carbocycles. The van der Waals surface area contributed by atoms with Gasteiger partial charge in [-0.3, -0.25) is 4.79 Å². The Morgan fingerprint density at radius 2 is 2.14 bits per heavy atom. The fourth-order valence-corrected chi connectivity index (χ4v) is 6.49. The fraction of sp³-hybridized carbons (Fsp3) is 0.400. The van der Waals surface area contributed by atoms with E-state index >= 15 is 4.39 Å². The largest absolute Gasteiger partial charge is 0.490 e. The summed E-state index contributed by atoms with van der Waals surface area (Å²) in [6, 6.07) is 7.69. The zero-order valence-corrected chi connectivity index (χ0v) is 20.0. The number of ether oxygens (including phenoxy) is 1. The van der Waals surface area contributed by atoms with E-state index in [9.17, 15) is 10.1 Å². The van der Waals surface area contributed by atoms with E-state index in [0.717, 1.165) is 37.0 Å². The van der Waals surface area contributed by atoms with Crippen molar-refractivity contribution in [1.82, 2.24) is 15.6 Å². The van der Waals surface area contributed by atoms with Gasteiger partial charge in [-0.2, -0.15) is 5.26 Å². The number of carbonyl (C=O) groups is 1. The molecule has 3 aromatic rings. The summed E-state index contributed by atoms with van der Waals surface area (Å²) in [5, 5.41) is 17.2. The van der Waals surface area contributed by atoms with Gasteiger partial charge in [-0.05, 0) is 38.0 Å². The van der Waals surface area contributed by atoms with Crippen molar-refractivity contribution in [3.63, 3.8) is 0 Å². The number of nitrogens with zero attached hydrogens (tertiary/aromatic N) is 3. The number of nitrogen functional groups attached to an aromatic ring is 1. The second kappa shape index (κ2) is 8.36. The third kappa shape index (κ3) is 3.75. The van der Waals surface area contributed by atoms with E-state index in [1.165, 1.54) is 17.4 Å². The van der Waals surface area contributed by atoms with Crippen LogP contribution in [-0.4, -0.2) is 48.7 Å². The number of aryl methyl sites for hydroxylation is 1. The number of rotatable bonds is 3. The van der Waals surface area contributed by atoms with E-state index in [0.29, 0.717) is 50.0 Å². The molecule has 6 rings (SSSR count). The Hall–Kier alpha value is -3.42. The van der Waals surface area contributed by atoms with Gasteiger partial charge in [-0.1, -0.05) is 0 Å². The molecular weight excluding hydrogens is 467 g/mol. The van der Waals surface area contributed by atoms with Gasteiger partial charge in [0, 0.05) is 48.2 Å². The van der Waals surface area contributed by atoms with Crippen molar-refractivity contribution in [3.8, 4) is 11.8 Å². The van der Waals surface area contributed by atoms with Gasteiger partial charge >= 0.3 is 0 Å². The highest BCUT2D eigenvalue weighted by atomic mass is 32.1. The van der Waals surface area contributed by atoms with Gasteiger partial charge in [0.25, 0.3) is 5.91 Å². The molecular formula is C25H25FN6O2S. The van der Waals surface area contributed by atoms with E-state index < -0.39 is 11.9 Å². The van der Waals surface area contributed by atoms with Crippen LogP contribution in [0.1, 0.15) is 39.3 Å². The Morgan fingerprint density at radius 1 is 1.37 bits per heavy atom. The van der Waals surface area contributed by atoms with E-state index in [-0.39, 0.29) is 18.9 Å². The van der Waals surface area contributed by atoms with E-state index in [1.54, 1.807) is 0 Å². The van der Waals surface area contributed by atoms with Crippen molar-refractivity contribution in [2.45, 2.75) is 44.3 Å². The van der Waals surface area contributed by atoms with Crippen LogP contribution in [0.4, 0.5) is 15.8 Å². The quantitative estimate of drug-likeness (QED) is 0.515. The van der Waals surface area contributed by atoms with Gasteiger partial charge in [0.2, 0.25) is 0 Å². The van der Waals surface area contributed by atoms with Crippen LogP contribution in [0.5, 0.6) is 5.75 Å². The number of hydrogen-bond acceptors (Lipinski definition) is 8. The number of thiophene rings is 1. The summed E-state index contributed by atoms with van der Waals surface area (Å²) in [7, 11) is 0. The molecule has 3 aliphatic heterocycles. The molecule has 2 unspecified atom stereocenters. The molecule has 0 spiro atoms. The number of halogens is 1. The highest BCUT2D eigenvalue weighted by Crippen LogP contribution is 2.39. The van der Waals surface area contributed by atoms with Crippen molar-refractivity contribution in [2.75, 3.05) is 30.3 Å². The fourth-order valence-electron chi connectivity index (χ4n) is 5.45. The summed E-state index contributed by atoms with van der Waals surface area (Å²) in [5.41, 5.74) is 8.73. The molecule has 0 radical (unpaired) electrons. The maximum atomic E-state index is 15.3. The third-order valence-electron chi connectivity index (χ3n) is 7.13. The summed E-state index contributed by atoms with van der Waals surface area (Å²) in [4.78, 5) is 20.6. The molecule has 4 N–H and O–H groups in total. The van der Waals surface area contributed by atoms with Crippen LogP contribution in [-0.2, 0) is 6.42 Å². The SMILES string of the molecule is Cc1ccc2c(N)c(C(=O)N[C@H]3COc4c(C#N)c(N5CC6CCC(C5)N6)cc(F)c4C3)sc2n1. The molecule has 1 aromatic carbocycles. The highest BCUT2D eigenvalue weighted by molar-refractivity contribution is 7.21. The van der Waals surface area contributed by atoms with Crippen LogP contribution in [0.15, 0.2) is 18.2 Å². The molecule has 5 heterocycles. The molecule has 2 saturated heterocycles. The van der Waals surface area contributed by atoms with Crippen molar-refractivity contribution >= 4 is 38.8 Å². The second-order valence-electron chi connectivity index (χ2n) is 9.55. The average Bonchev–Trinajstić information content (AvgIpc) is 3.36. The minimum absolute atomic E-state index is 0.144. The molecule has 2 bridgehead atoms. The predicted molar refractivity (Wildman–Crippen MR) is 132 cm³/mol. The topological polar surface area (TPSA) is 116 Å². The van der Waals surface area contributed by atoms with E-state index in [1.807, 2.05) is 19.1 Å². The molecule has 1 amide bonds. The maximum absolute atomic E-state index is 15.3. The van der Waals surface area contributed by atoms with Crippen molar-refractivity contribution < 1.29 is 13.9 Å². The first kappa shape index (κ1) is 22.1. The van der Waals surface area contributed by atoms with Gasteiger partial charge in [0.15, 0.2) is 0 Å². The summed E-state index contributed by atoms with van der Waals surface area (Å²) in [6.45, 7) is 3.51. The molecule has 0 saturated carbocycles. The first-order valence-corrected chi connectivity index (χ1v) is 12.6. The molecule has 3 atom stereocenters. The Bertz CT molecular complexity index is 1390. The lowest BCUT2D eigenvalue weighted by Crippen LogP contribution is -2.51. The predicted octanol–water partition coefficient (Wildman–Crippen LogP) is 2.87. The van der Waals surface area contributed by atoms with Crippen LogP contribution in [0.2, 0.25) is 0 Å². The molecule has 2 fully saturated rings. The zero-order valence-electron chi connectivity index (χ0n) is 19.2. The van der Waals surface area contributed by atoms with Gasteiger partial charge in [-0.15, -0.1) is 11.3 Å². The molecule has 2 aromatic heterocycles. The molecule has 180 valence electrons. The van der Waals surface area contributed by atoms with Crippen molar-refractivity contribution in [2.24, 2.45) is 0 Å². The molecule has 8 nitrogen and oxygen atoms in total. The average molecular weight is 493 g/mol. The minimum atomic E-state index is -0.448. The lowest BCUT2D eigenvalue weighted by molar-refractivity contribution is 0.0919. The minimum Gasteiger partial charge on any atom is -0.490 e. The van der Waals surface area contributed by atoms with E-state index in [4.69, 9.17) is 10.5 Å². The van der Waals surface area contributed by atoms with Crippen LogP contribution in [0.25, 0.3) is 10.2 Å². The third-order valence-corrected chi connectivity index (χ3v) is 8.25. The number of nitrogens with two attached hydrogens (primary N) is 1. The Morgan fingerprint density at radius 3 is 2.89 bits per heavy atom. The number of piperazine rings is 1. The van der Waals surface area contributed by atoms with Gasteiger partial charge in [0.1, 0.15) is 39.5 Å². The number of pyridine rings is 1. The number of aromatic nitrogens is 1.